The van der Waals surface area contributed by atoms with Gasteiger partial charge in [-0.3, -0.25) is 14.4 Å². The number of fused-ring (bicyclic) bond motifs is 1. The maximum Gasteiger partial charge on any atom is 0.326 e. The number of benzene rings is 3. The summed E-state index contributed by atoms with van der Waals surface area (Å²) in [6.07, 6.45) is 1.78. The Labute approximate surface area is 253 Å². The van der Waals surface area contributed by atoms with Crippen molar-refractivity contribution in [2.24, 2.45) is 5.73 Å². The van der Waals surface area contributed by atoms with Gasteiger partial charge in [-0.05, 0) is 41.3 Å². The van der Waals surface area contributed by atoms with Crippen LogP contribution in [0.25, 0.3) is 10.9 Å². The molecule has 0 fully saturated rings. The third-order valence-corrected chi connectivity index (χ3v) is 7.17. The van der Waals surface area contributed by atoms with E-state index in [0.717, 1.165) is 16.5 Å². The fourth-order valence-electron chi connectivity index (χ4n) is 4.78. The number of carbonyl (C=O) groups is 4. The van der Waals surface area contributed by atoms with E-state index in [4.69, 9.17) is 5.73 Å². The lowest BCUT2D eigenvalue weighted by Crippen LogP contribution is -2.58. The van der Waals surface area contributed by atoms with Crippen molar-refractivity contribution in [1.82, 2.24) is 20.9 Å². The number of aliphatic hydroxyl groups excluding tert-OH is 1. The van der Waals surface area contributed by atoms with Crippen LogP contribution in [0.2, 0.25) is 0 Å². The molecule has 0 spiro atoms. The first kappa shape index (κ1) is 31.7. The van der Waals surface area contributed by atoms with E-state index in [1.165, 1.54) is 12.1 Å². The van der Waals surface area contributed by atoms with Crippen molar-refractivity contribution in [3.05, 3.63) is 102 Å². The second-order valence-corrected chi connectivity index (χ2v) is 10.4. The lowest BCUT2D eigenvalue weighted by molar-refractivity contribution is -0.142. The highest BCUT2D eigenvalue weighted by Crippen LogP contribution is 2.19. The number of phenols is 1. The van der Waals surface area contributed by atoms with Gasteiger partial charge in [0, 0.05) is 29.9 Å². The number of amides is 3. The smallest absolute Gasteiger partial charge is 0.326 e. The van der Waals surface area contributed by atoms with E-state index in [2.05, 4.69) is 20.9 Å². The number of rotatable bonds is 14. The van der Waals surface area contributed by atoms with E-state index in [1.54, 1.807) is 42.6 Å². The summed E-state index contributed by atoms with van der Waals surface area (Å²) in [4.78, 5) is 54.7. The molecule has 4 unspecified atom stereocenters. The molecule has 1 aromatic heterocycles. The van der Waals surface area contributed by atoms with E-state index in [9.17, 15) is 34.5 Å². The van der Waals surface area contributed by atoms with E-state index in [1.807, 2.05) is 30.3 Å². The third-order valence-electron chi connectivity index (χ3n) is 7.17. The van der Waals surface area contributed by atoms with Gasteiger partial charge in [-0.1, -0.05) is 60.7 Å². The van der Waals surface area contributed by atoms with Gasteiger partial charge >= 0.3 is 5.97 Å². The van der Waals surface area contributed by atoms with E-state index in [0.29, 0.717) is 11.1 Å². The molecule has 4 atom stereocenters. The summed E-state index contributed by atoms with van der Waals surface area (Å²) in [6, 6.07) is 17.3. The predicted octanol–water partition coefficient (Wildman–Crippen LogP) is 0.760. The SMILES string of the molecule is NC(Cc1ccccc1)C(=O)NC(CO)C(=O)NC(Cc1ccc(O)cc1)C(=O)NC(Cc1c[nH]c2ccccc12)C(=O)O. The number of H-pyrrole nitrogens is 1. The second kappa shape index (κ2) is 14.8. The number of aromatic nitrogens is 1. The van der Waals surface area contributed by atoms with Crippen LogP contribution in [-0.2, 0) is 38.4 Å². The maximum absolute atomic E-state index is 13.5. The number of hydrogen-bond acceptors (Lipinski definition) is 7. The third kappa shape index (κ3) is 8.43. The first-order chi connectivity index (χ1) is 21.1. The molecule has 12 nitrogen and oxygen atoms in total. The molecule has 0 aliphatic rings. The summed E-state index contributed by atoms with van der Waals surface area (Å²) in [5.41, 5.74) is 8.89. The number of carbonyl (C=O) groups excluding carboxylic acids is 3. The molecule has 0 saturated carbocycles. The number of aromatic amines is 1. The average Bonchev–Trinajstić information content (AvgIpc) is 3.43. The summed E-state index contributed by atoms with van der Waals surface area (Å²) >= 11 is 0. The Balaban J connectivity index is 1.48. The van der Waals surface area contributed by atoms with Crippen molar-refractivity contribution in [2.45, 2.75) is 43.4 Å². The van der Waals surface area contributed by atoms with Crippen LogP contribution in [-0.4, -0.2) is 74.8 Å². The van der Waals surface area contributed by atoms with Crippen molar-refractivity contribution < 1.29 is 34.5 Å². The molecule has 9 N–H and O–H groups in total. The quantitative estimate of drug-likeness (QED) is 0.103. The molecule has 4 rings (SSSR count). The Morgan fingerprint density at radius 2 is 1.30 bits per heavy atom. The van der Waals surface area contributed by atoms with Gasteiger partial charge in [-0.2, -0.15) is 0 Å². The number of hydrogen-bond donors (Lipinski definition) is 8. The van der Waals surface area contributed by atoms with E-state index in [-0.39, 0.29) is 25.0 Å². The second-order valence-electron chi connectivity index (χ2n) is 10.4. The van der Waals surface area contributed by atoms with E-state index >= 15 is 0 Å². The Morgan fingerprint density at radius 1 is 0.705 bits per heavy atom. The van der Waals surface area contributed by atoms with E-state index < -0.39 is 54.5 Å². The normalized spacial score (nSPS) is 13.8. The van der Waals surface area contributed by atoms with Crippen molar-refractivity contribution in [1.29, 1.82) is 0 Å². The topological polar surface area (TPSA) is 207 Å². The molecule has 0 bridgehead atoms. The summed E-state index contributed by atoms with van der Waals surface area (Å²) in [5.74, 6) is -3.60. The molecule has 44 heavy (non-hydrogen) atoms. The van der Waals surface area contributed by atoms with Crippen molar-refractivity contribution in [2.75, 3.05) is 6.61 Å². The first-order valence-electron chi connectivity index (χ1n) is 14.0. The van der Waals surface area contributed by atoms with Crippen LogP contribution in [0.1, 0.15) is 16.7 Å². The molecular formula is C32H35N5O7. The summed E-state index contributed by atoms with van der Waals surface area (Å²) in [5, 5.41) is 37.8. The van der Waals surface area contributed by atoms with Gasteiger partial charge in [0.05, 0.1) is 12.6 Å². The van der Waals surface area contributed by atoms with Gasteiger partial charge in [0.15, 0.2) is 0 Å². The molecule has 0 aliphatic carbocycles. The molecule has 0 aliphatic heterocycles. The Hall–Kier alpha value is -5.20. The summed E-state index contributed by atoms with van der Waals surface area (Å²) in [6.45, 7) is -0.776. The molecule has 3 amide bonds. The summed E-state index contributed by atoms with van der Waals surface area (Å²) in [7, 11) is 0. The molecule has 0 radical (unpaired) electrons. The first-order valence-corrected chi connectivity index (χ1v) is 14.0. The zero-order valence-corrected chi connectivity index (χ0v) is 23.8. The minimum atomic E-state index is -1.43. The number of aliphatic hydroxyl groups is 1. The van der Waals surface area contributed by atoms with Crippen LogP contribution >= 0.6 is 0 Å². The fourth-order valence-corrected chi connectivity index (χ4v) is 4.78. The highest BCUT2D eigenvalue weighted by atomic mass is 16.4. The molecule has 12 heteroatoms. The van der Waals surface area contributed by atoms with Gasteiger partial charge in [0.25, 0.3) is 0 Å². The number of aliphatic carboxylic acids is 1. The lowest BCUT2D eigenvalue weighted by atomic mass is 10.0. The number of nitrogens with one attached hydrogen (secondary N) is 4. The van der Waals surface area contributed by atoms with Gasteiger partial charge in [-0.25, -0.2) is 4.79 Å². The van der Waals surface area contributed by atoms with Gasteiger partial charge in [-0.15, -0.1) is 0 Å². The van der Waals surface area contributed by atoms with Crippen molar-refractivity contribution in [3.8, 4) is 5.75 Å². The van der Waals surface area contributed by atoms with Crippen LogP contribution in [0.4, 0.5) is 0 Å². The number of nitrogens with two attached hydrogens (primary N) is 1. The van der Waals surface area contributed by atoms with Crippen LogP contribution < -0.4 is 21.7 Å². The summed E-state index contributed by atoms with van der Waals surface area (Å²) < 4.78 is 0. The average molecular weight is 602 g/mol. The largest absolute Gasteiger partial charge is 0.508 e. The van der Waals surface area contributed by atoms with Crippen molar-refractivity contribution >= 4 is 34.6 Å². The zero-order chi connectivity index (χ0) is 31.6. The maximum atomic E-state index is 13.5. The lowest BCUT2D eigenvalue weighted by Gasteiger charge is -2.24. The Morgan fingerprint density at radius 3 is 1.98 bits per heavy atom. The van der Waals surface area contributed by atoms with Crippen LogP contribution in [0.5, 0.6) is 5.75 Å². The Bertz CT molecular complexity index is 1590. The molecule has 3 aromatic carbocycles. The van der Waals surface area contributed by atoms with Gasteiger partial charge < -0.3 is 42.0 Å². The number of phenolic OH excluding ortho intramolecular Hbond substituents is 1. The highest BCUT2D eigenvalue weighted by Gasteiger charge is 2.31. The highest BCUT2D eigenvalue weighted by molar-refractivity contribution is 5.94. The van der Waals surface area contributed by atoms with Crippen LogP contribution in [0, 0.1) is 0 Å². The number of para-hydroxylation sites is 1. The molecule has 4 aromatic rings. The van der Waals surface area contributed by atoms with Gasteiger partial charge in [0.1, 0.15) is 23.9 Å². The van der Waals surface area contributed by atoms with Gasteiger partial charge in [0.2, 0.25) is 17.7 Å². The minimum absolute atomic E-state index is 0.00152. The Kier molecular flexibility index (Phi) is 10.7. The molecule has 230 valence electrons. The minimum Gasteiger partial charge on any atom is -0.508 e. The monoisotopic (exact) mass is 601 g/mol. The number of carboxylic acid groups (broad SMARTS) is 1. The molecule has 0 saturated heterocycles. The zero-order valence-electron chi connectivity index (χ0n) is 23.8. The standard InChI is InChI=1S/C32H35N5O7/c33-24(14-19-6-2-1-3-7-19)29(40)37-28(18-38)31(42)35-26(15-20-10-12-22(39)13-11-20)30(41)36-27(32(43)44)16-21-17-34-25-9-5-4-8-23(21)25/h1-13,17,24,26-28,34,38-39H,14-16,18,33H2,(H,35,42)(H,36,41)(H,37,40)(H,43,44). The van der Waals surface area contributed by atoms with Crippen molar-refractivity contribution in [3.63, 3.8) is 0 Å². The predicted molar refractivity (Wildman–Crippen MR) is 162 cm³/mol. The van der Waals surface area contributed by atoms with Crippen LogP contribution in [0.3, 0.4) is 0 Å². The van der Waals surface area contributed by atoms with Crippen LogP contribution in [0.15, 0.2) is 85.1 Å². The number of carboxylic acids is 1. The molecular weight excluding hydrogens is 566 g/mol. The fraction of sp³-hybridized carbons (Fsp3) is 0.250. The number of aromatic hydroxyl groups is 1. The molecule has 1 heterocycles.